The quantitative estimate of drug-likeness (QED) is 0.794. The van der Waals surface area contributed by atoms with Crippen LogP contribution in [0.2, 0.25) is 0 Å². The predicted octanol–water partition coefficient (Wildman–Crippen LogP) is 3.26. The Balaban J connectivity index is 2.13. The Morgan fingerprint density at radius 3 is 2.48 bits per heavy atom. The van der Waals surface area contributed by atoms with Gasteiger partial charge in [0, 0.05) is 0 Å². The first kappa shape index (κ1) is 15.0. The summed E-state index contributed by atoms with van der Waals surface area (Å²) >= 11 is 0. The van der Waals surface area contributed by atoms with Crippen molar-refractivity contribution in [1.29, 1.82) is 0 Å². The van der Waals surface area contributed by atoms with Crippen molar-refractivity contribution in [3.8, 4) is 5.75 Å². The van der Waals surface area contributed by atoms with Gasteiger partial charge in [0.15, 0.2) is 11.6 Å². The highest BCUT2D eigenvalue weighted by Gasteiger charge is 2.11. The molecule has 0 N–H and O–H groups in total. The monoisotopic (exact) mass is 292 g/mol. The predicted molar refractivity (Wildman–Crippen MR) is 72.9 cm³/mol. The van der Waals surface area contributed by atoms with Gasteiger partial charge in [-0.2, -0.15) is 4.39 Å². The summed E-state index contributed by atoms with van der Waals surface area (Å²) in [6, 6.07) is 10.8. The van der Waals surface area contributed by atoms with Crippen molar-refractivity contribution in [1.82, 2.24) is 0 Å². The van der Waals surface area contributed by atoms with Crippen LogP contribution in [0.3, 0.4) is 0 Å². The molecule has 0 unspecified atom stereocenters. The van der Waals surface area contributed by atoms with Gasteiger partial charge in [0.2, 0.25) is 5.82 Å². The van der Waals surface area contributed by atoms with Crippen LogP contribution in [0.1, 0.15) is 11.1 Å². The molecular weight excluding hydrogens is 278 g/mol. The third-order valence-corrected chi connectivity index (χ3v) is 2.98. The fourth-order valence-corrected chi connectivity index (χ4v) is 1.85. The number of hydrogen-bond donors (Lipinski definition) is 0. The van der Waals surface area contributed by atoms with Crippen molar-refractivity contribution in [3.63, 3.8) is 0 Å². The molecule has 0 aliphatic carbocycles. The lowest BCUT2D eigenvalue weighted by Crippen LogP contribution is -2.08. The molecule has 21 heavy (non-hydrogen) atoms. The van der Waals surface area contributed by atoms with Crippen molar-refractivity contribution in [2.45, 2.75) is 13.0 Å². The van der Waals surface area contributed by atoms with Gasteiger partial charge in [-0.3, -0.25) is 4.79 Å². The van der Waals surface area contributed by atoms with Crippen LogP contribution in [0.5, 0.6) is 5.75 Å². The highest BCUT2D eigenvalue weighted by Crippen LogP contribution is 2.21. The lowest BCUT2D eigenvalue weighted by Gasteiger charge is -2.11. The zero-order valence-corrected chi connectivity index (χ0v) is 11.4. The fraction of sp³-hybridized carbons (Fsp3) is 0.188. The first-order valence-electron chi connectivity index (χ1n) is 6.32. The number of carbonyl (C=O) groups is 1. The third kappa shape index (κ3) is 3.78. The topological polar surface area (TPSA) is 35.5 Å². The SMILES string of the molecule is COC(=O)Cc1ccccc1COc1cccc(F)c1F. The van der Waals surface area contributed by atoms with Crippen LogP contribution in [-0.2, 0) is 22.6 Å². The molecule has 2 aromatic carbocycles. The summed E-state index contributed by atoms with van der Waals surface area (Å²) in [7, 11) is 1.31. The zero-order valence-electron chi connectivity index (χ0n) is 11.4. The first-order valence-corrected chi connectivity index (χ1v) is 6.32. The minimum absolute atomic E-state index is 0.0353. The van der Waals surface area contributed by atoms with E-state index in [0.29, 0.717) is 5.56 Å². The van der Waals surface area contributed by atoms with Crippen molar-refractivity contribution in [2.75, 3.05) is 7.11 Å². The molecule has 3 nitrogen and oxygen atoms in total. The number of esters is 1. The molecule has 0 heterocycles. The molecule has 0 aromatic heterocycles. The van der Waals surface area contributed by atoms with E-state index in [-0.39, 0.29) is 24.7 Å². The van der Waals surface area contributed by atoms with E-state index in [1.165, 1.54) is 19.2 Å². The molecule has 0 radical (unpaired) electrons. The summed E-state index contributed by atoms with van der Waals surface area (Å²) in [5.74, 6) is -2.53. The minimum Gasteiger partial charge on any atom is -0.486 e. The maximum absolute atomic E-state index is 13.5. The number of rotatable bonds is 5. The van der Waals surface area contributed by atoms with Gasteiger partial charge in [-0.05, 0) is 23.3 Å². The Labute approximate surface area is 121 Å². The number of hydrogen-bond acceptors (Lipinski definition) is 3. The van der Waals surface area contributed by atoms with Crippen molar-refractivity contribution in [2.24, 2.45) is 0 Å². The number of carbonyl (C=O) groups excluding carboxylic acids is 1. The van der Waals surface area contributed by atoms with Gasteiger partial charge in [0.05, 0.1) is 13.5 Å². The number of ether oxygens (including phenoxy) is 2. The van der Waals surface area contributed by atoms with Crippen LogP contribution in [0.4, 0.5) is 8.78 Å². The molecule has 0 saturated heterocycles. The lowest BCUT2D eigenvalue weighted by molar-refractivity contribution is -0.139. The maximum atomic E-state index is 13.5. The second-order valence-corrected chi connectivity index (χ2v) is 4.36. The van der Waals surface area contributed by atoms with E-state index in [9.17, 15) is 13.6 Å². The first-order chi connectivity index (χ1) is 10.1. The second-order valence-electron chi connectivity index (χ2n) is 4.36. The normalized spacial score (nSPS) is 10.2. The van der Waals surface area contributed by atoms with Gasteiger partial charge in [-0.1, -0.05) is 30.3 Å². The number of benzene rings is 2. The van der Waals surface area contributed by atoms with E-state index in [1.54, 1.807) is 24.3 Å². The van der Waals surface area contributed by atoms with E-state index in [0.717, 1.165) is 11.6 Å². The largest absolute Gasteiger partial charge is 0.486 e. The molecule has 0 saturated carbocycles. The number of halogens is 2. The Kier molecular flexibility index (Phi) is 4.87. The van der Waals surface area contributed by atoms with E-state index in [4.69, 9.17) is 4.74 Å². The highest BCUT2D eigenvalue weighted by molar-refractivity contribution is 5.72. The molecule has 110 valence electrons. The summed E-state index contributed by atoms with van der Waals surface area (Å²) in [6.45, 7) is 0.0353. The van der Waals surface area contributed by atoms with Gasteiger partial charge in [0.25, 0.3) is 0 Å². The van der Waals surface area contributed by atoms with Crippen LogP contribution in [0.25, 0.3) is 0 Å². The van der Waals surface area contributed by atoms with Crippen LogP contribution < -0.4 is 4.74 Å². The molecule has 2 aromatic rings. The van der Waals surface area contributed by atoms with Gasteiger partial charge >= 0.3 is 5.97 Å². The molecule has 0 amide bonds. The Hall–Kier alpha value is -2.43. The van der Waals surface area contributed by atoms with E-state index < -0.39 is 11.6 Å². The smallest absolute Gasteiger partial charge is 0.309 e. The van der Waals surface area contributed by atoms with Crippen molar-refractivity contribution in [3.05, 3.63) is 65.2 Å². The summed E-state index contributed by atoms with van der Waals surface area (Å²) in [5.41, 5.74) is 1.44. The molecule has 0 spiro atoms. The lowest BCUT2D eigenvalue weighted by atomic mass is 10.1. The zero-order chi connectivity index (χ0) is 15.2. The molecule has 5 heteroatoms. The summed E-state index contributed by atoms with van der Waals surface area (Å²) in [6.07, 6.45) is 0.0989. The van der Waals surface area contributed by atoms with Crippen molar-refractivity contribution >= 4 is 5.97 Å². The van der Waals surface area contributed by atoms with Crippen LogP contribution >= 0.6 is 0 Å². The molecule has 0 fully saturated rings. The fourth-order valence-electron chi connectivity index (χ4n) is 1.85. The standard InChI is InChI=1S/C16H14F2O3/c1-20-15(19)9-11-5-2-3-6-12(11)10-21-14-8-4-7-13(17)16(14)18/h2-8H,9-10H2,1H3. The molecule has 0 aliphatic rings. The van der Waals surface area contributed by atoms with Crippen LogP contribution in [0.15, 0.2) is 42.5 Å². The molecule has 0 atom stereocenters. The Bertz CT molecular complexity index is 641. The Morgan fingerprint density at radius 1 is 1.05 bits per heavy atom. The van der Waals surface area contributed by atoms with Gasteiger partial charge in [-0.25, -0.2) is 4.39 Å². The van der Waals surface area contributed by atoms with Gasteiger partial charge in [-0.15, -0.1) is 0 Å². The Morgan fingerprint density at radius 2 is 1.76 bits per heavy atom. The average molecular weight is 292 g/mol. The maximum Gasteiger partial charge on any atom is 0.309 e. The summed E-state index contributed by atoms with van der Waals surface area (Å²) < 4.78 is 36.5. The second kappa shape index (κ2) is 6.83. The summed E-state index contributed by atoms with van der Waals surface area (Å²) in [5, 5.41) is 0. The van der Waals surface area contributed by atoms with Crippen molar-refractivity contribution < 1.29 is 23.0 Å². The van der Waals surface area contributed by atoms with Gasteiger partial charge in [0.1, 0.15) is 6.61 Å². The molecule has 0 bridgehead atoms. The average Bonchev–Trinajstić information content (AvgIpc) is 2.50. The molecule has 2 rings (SSSR count). The van der Waals surface area contributed by atoms with Crippen LogP contribution in [0, 0.1) is 11.6 Å². The van der Waals surface area contributed by atoms with E-state index >= 15 is 0 Å². The van der Waals surface area contributed by atoms with E-state index in [2.05, 4.69) is 4.74 Å². The summed E-state index contributed by atoms with van der Waals surface area (Å²) in [4.78, 5) is 11.3. The highest BCUT2D eigenvalue weighted by atomic mass is 19.2. The number of methoxy groups -OCH3 is 1. The van der Waals surface area contributed by atoms with Crippen LogP contribution in [-0.4, -0.2) is 13.1 Å². The third-order valence-electron chi connectivity index (χ3n) is 2.98. The van der Waals surface area contributed by atoms with E-state index in [1.807, 2.05) is 0 Å². The molecular formula is C16H14F2O3. The van der Waals surface area contributed by atoms with Gasteiger partial charge < -0.3 is 9.47 Å². The minimum atomic E-state index is -1.03. The molecule has 0 aliphatic heterocycles.